The van der Waals surface area contributed by atoms with Crippen LogP contribution in [0.15, 0.2) is 0 Å². The minimum absolute atomic E-state index is 0.222. The van der Waals surface area contributed by atoms with Gasteiger partial charge >= 0.3 is 5.97 Å². The fraction of sp³-hybridized carbons (Fsp3) is 0.833. The lowest BCUT2D eigenvalue weighted by atomic mass is 10.3. The highest BCUT2D eigenvalue weighted by Crippen LogP contribution is 1.84. The molecular weight excluding hydrogens is 134 g/mol. The van der Waals surface area contributed by atoms with Gasteiger partial charge in [0, 0.05) is 0 Å². The molecule has 0 bridgehead atoms. The lowest BCUT2D eigenvalue weighted by Gasteiger charge is -2.10. The van der Waals surface area contributed by atoms with Crippen molar-refractivity contribution in [3.05, 3.63) is 0 Å². The van der Waals surface area contributed by atoms with Gasteiger partial charge in [0.2, 0.25) is 0 Å². The van der Waals surface area contributed by atoms with Crippen molar-refractivity contribution in [2.75, 3.05) is 20.3 Å². The summed E-state index contributed by atoms with van der Waals surface area (Å²) in [5.41, 5.74) is 0. The third-order valence-corrected chi connectivity index (χ3v) is 1.12. The molecule has 2 N–H and O–H groups in total. The molecule has 0 aliphatic heterocycles. The molecule has 60 valence electrons. The molecule has 0 saturated carbocycles. The molecule has 0 unspecified atom stereocenters. The lowest BCUT2D eigenvalue weighted by molar-refractivity contribution is -0.144. The number of esters is 1. The zero-order valence-corrected chi connectivity index (χ0v) is 6.26. The van der Waals surface area contributed by atoms with Crippen LogP contribution in [0.5, 0.6) is 0 Å². The number of methoxy groups -OCH3 is 1. The summed E-state index contributed by atoms with van der Waals surface area (Å²) < 4.78 is 4.39. The first-order valence-electron chi connectivity index (χ1n) is 3.18. The number of aliphatic hydroxyl groups is 1. The summed E-state index contributed by atoms with van der Waals surface area (Å²) in [6.45, 7) is 2.27. The maximum Gasteiger partial charge on any atom is 0.325 e. The first-order valence-corrected chi connectivity index (χ1v) is 3.18. The Morgan fingerprint density at radius 1 is 1.80 bits per heavy atom. The van der Waals surface area contributed by atoms with Crippen LogP contribution in [0, 0.1) is 0 Å². The second-order valence-corrected chi connectivity index (χ2v) is 1.82. The van der Waals surface area contributed by atoms with Gasteiger partial charge < -0.3 is 15.2 Å². The maximum atomic E-state index is 10.7. The minimum Gasteiger partial charge on any atom is -0.468 e. The van der Waals surface area contributed by atoms with Gasteiger partial charge in [0.25, 0.3) is 0 Å². The number of carbonyl (C=O) groups excluding carboxylic acids is 1. The van der Waals surface area contributed by atoms with Gasteiger partial charge in [-0.25, -0.2) is 0 Å². The zero-order chi connectivity index (χ0) is 7.98. The van der Waals surface area contributed by atoms with Crippen molar-refractivity contribution in [1.29, 1.82) is 0 Å². The first kappa shape index (κ1) is 9.39. The largest absolute Gasteiger partial charge is 0.468 e. The Kier molecular flexibility index (Phi) is 4.88. The highest BCUT2D eigenvalue weighted by atomic mass is 16.5. The molecule has 0 rings (SSSR count). The molecule has 0 aromatic heterocycles. The van der Waals surface area contributed by atoms with E-state index in [-0.39, 0.29) is 6.61 Å². The SMILES string of the molecule is CCN[C@H](CO)C(=O)OC. The molecule has 10 heavy (non-hydrogen) atoms. The Morgan fingerprint density at radius 2 is 2.40 bits per heavy atom. The van der Waals surface area contributed by atoms with E-state index in [4.69, 9.17) is 5.11 Å². The predicted molar refractivity (Wildman–Crippen MR) is 36.6 cm³/mol. The molecule has 0 aliphatic rings. The standard InChI is InChI=1S/C6H13NO3/c1-3-7-5(4-8)6(9)10-2/h5,7-8H,3-4H2,1-2H3/t5-/m1/s1. The van der Waals surface area contributed by atoms with E-state index < -0.39 is 12.0 Å². The second-order valence-electron chi connectivity index (χ2n) is 1.82. The van der Waals surface area contributed by atoms with E-state index in [0.717, 1.165) is 0 Å². The Hall–Kier alpha value is -0.610. The third-order valence-electron chi connectivity index (χ3n) is 1.12. The zero-order valence-electron chi connectivity index (χ0n) is 6.26. The molecule has 0 heterocycles. The van der Waals surface area contributed by atoms with Gasteiger partial charge in [0.15, 0.2) is 0 Å². The summed E-state index contributed by atoms with van der Waals surface area (Å²) in [7, 11) is 1.29. The van der Waals surface area contributed by atoms with Crippen LogP contribution >= 0.6 is 0 Å². The van der Waals surface area contributed by atoms with Crippen LogP contribution in [0.2, 0.25) is 0 Å². The number of nitrogens with one attached hydrogen (secondary N) is 1. The predicted octanol–water partition coefficient (Wildman–Crippen LogP) is -0.870. The number of rotatable bonds is 4. The Bertz CT molecular complexity index is 105. The highest BCUT2D eigenvalue weighted by molar-refractivity contribution is 5.75. The monoisotopic (exact) mass is 147 g/mol. The summed E-state index contributed by atoms with van der Waals surface area (Å²) in [6.07, 6.45) is 0. The summed E-state index contributed by atoms with van der Waals surface area (Å²) in [4.78, 5) is 10.7. The molecule has 4 nitrogen and oxygen atoms in total. The van der Waals surface area contributed by atoms with E-state index in [1.807, 2.05) is 6.92 Å². The van der Waals surface area contributed by atoms with Crippen molar-refractivity contribution in [3.8, 4) is 0 Å². The minimum atomic E-state index is -0.574. The molecule has 0 fully saturated rings. The van der Waals surface area contributed by atoms with E-state index in [1.54, 1.807) is 0 Å². The van der Waals surface area contributed by atoms with Gasteiger partial charge in [0.1, 0.15) is 6.04 Å². The van der Waals surface area contributed by atoms with Crippen molar-refractivity contribution in [1.82, 2.24) is 5.32 Å². The number of likely N-dealkylation sites (N-methyl/N-ethyl adjacent to an activating group) is 1. The molecule has 0 aromatic rings. The Balaban J connectivity index is 3.68. The van der Waals surface area contributed by atoms with Crippen molar-refractivity contribution in [3.63, 3.8) is 0 Å². The van der Waals surface area contributed by atoms with Crippen LogP contribution in [0.4, 0.5) is 0 Å². The average molecular weight is 147 g/mol. The van der Waals surface area contributed by atoms with Crippen LogP contribution in [-0.4, -0.2) is 37.4 Å². The van der Waals surface area contributed by atoms with Crippen LogP contribution in [-0.2, 0) is 9.53 Å². The molecule has 4 heteroatoms. The van der Waals surface area contributed by atoms with Crippen LogP contribution < -0.4 is 5.32 Å². The topological polar surface area (TPSA) is 58.6 Å². The number of ether oxygens (including phenoxy) is 1. The number of carbonyl (C=O) groups is 1. The van der Waals surface area contributed by atoms with Gasteiger partial charge in [0.05, 0.1) is 13.7 Å². The van der Waals surface area contributed by atoms with Crippen molar-refractivity contribution < 1.29 is 14.6 Å². The second kappa shape index (κ2) is 5.20. The number of hydrogen-bond donors (Lipinski definition) is 2. The molecule has 0 aliphatic carbocycles. The van der Waals surface area contributed by atoms with Gasteiger partial charge in [-0.15, -0.1) is 0 Å². The quantitative estimate of drug-likeness (QED) is 0.507. The molecule has 0 aromatic carbocycles. The van der Waals surface area contributed by atoms with E-state index in [9.17, 15) is 4.79 Å². The number of aliphatic hydroxyl groups excluding tert-OH is 1. The van der Waals surface area contributed by atoms with Gasteiger partial charge in [-0.3, -0.25) is 4.79 Å². The van der Waals surface area contributed by atoms with Gasteiger partial charge in [-0.05, 0) is 6.54 Å². The van der Waals surface area contributed by atoms with E-state index in [0.29, 0.717) is 6.54 Å². The summed E-state index contributed by atoms with van der Waals surface area (Å²) in [6, 6.07) is -0.574. The summed E-state index contributed by atoms with van der Waals surface area (Å²) in [5, 5.41) is 11.4. The molecule has 0 saturated heterocycles. The normalized spacial score (nSPS) is 12.7. The van der Waals surface area contributed by atoms with Crippen molar-refractivity contribution in [2.24, 2.45) is 0 Å². The van der Waals surface area contributed by atoms with E-state index >= 15 is 0 Å². The van der Waals surface area contributed by atoms with Gasteiger partial charge in [-0.1, -0.05) is 6.92 Å². The maximum absolute atomic E-state index is 10.7. The third kappa shape index (κ3) is 2.80. The van der Waals surface area contributed by atoms with Crippen LogP contribution in [0.3, 0.4) is 0 Å². The molecular formula is C6H13NO3. The van der Waals surface area contributed by atoms with Crippen molar-refractivity contribution >= 4 is 5.97 Å². The lowest BCUT2D eigenvalue weighted by Crippen LogP contribution is -2.40. The van der Waals surface area contributed by atoms with Crippen LogP contribution in [0.25, 0.3) is 0 Å². The Labute approximate surface area is 60.2 Å². The summed E-state index contributed by atoms with van der Waals surface area (Å²) >= 11 is 0. The molecule has 0 amide bonds. The number of hydrogen-bond acceptors (Lipinski definition) is 4. The van der Waals surface area contributed by atoms with Crippen molar-refractivity contribution in [2.45, 2.75) is 13.0 Å². The Morgan fingerprint density at radius 3 is 2.70 bits per heavy atom. The van der Waals surface area contributed by atoms with Gasteiger partial charge in [-0.2, -0.15) is 0 Å². The fourth-order valence-corrected chi connectivity index (χ4v) is 0.611. The molecule has 0 spiro atoms. The smallest absolute Gasteiger partial charge is 0.325 e. The van der Waals surface area contributed by atoms with Crippen LogP contribution in [0.1, 0.15) is 6.92 Å². The first-order chi connectivity index (χ1) is 4.76. The highest BCUT2D eigenvalue weighted by Gasteiger charge is 2.15. The average Bonchev–Trinajstić information content (AvgIpc) is 1.99. The summed E-state index contributed by atoms with van der Waals surface area (Å²) in [5.74, 6) is -0.427. The molecule has 0 radical (unpaired) electrons. The molecule has 1 atom stereocenters. The van der Waals surface area contributed by atoms with E-state index in [2.05, 4.69) is 10.1 Å². The van der Waals surface area contributed by atoms with E-state index in [1.165, 1.54) is 7.11 Å². The fourth-order valence-electron chi connectivity index (χ4n) is 0.611.